The molecular formula is H14Al3Na5. The molecule has 0 unspecified atom stereocenters. The van der Waals surface area contributed by atoms with E-state index in [1.807, 2.05) is 0 Å². The van der Waals surface area contributed by atoms with Gasteiger partial charge in [-0.15, -0.1) is 0 Å². The second kappa shape index (κ2) is 49.6. The molecule has 0 amide bonds. The van der Waals surface area contributed by atoms with Crippen molar-refractivity contribution in [3.63, 3.8) is 0 Å². The second-order valence-corrected chi connectivity index (χ2v) is 0. The predicted molar refractivity (Wildman–Crippen MR) is 35.4 cm³/mol. The summed E-state index contributed by atoms with van der Waals surface area (Å²) in [5.74, 6) is 0. The van der Waals surface area contributed by atoms with E-state index in [1.54, 1.807) is 0 Å². The zero-order valence-corrected chi connectivity index (χ0v) is 15.0. The molecule has 0 aliphatic carbocycles. The first kappa shape index (κ1) is 62.0. The Bertz CT molecular complexity index is 20.1. The average molecular weight is 210 g/mol. The van der Waals surface area contributed by atoms with E-state index < -0.39 is 0 Å². The Labute approximate surface area is 201 Å². The molecule has 0 aliphatic heterocycles. The fourth-order valence-corrected chi connectivity index (χ4v) is 0. The summed E-state index contributed by atoms with van der Waals surface area (Å²) in [5.41, 5.74) is 0. The van der Waals surface area contributed by atoms with Crippen molar-refractivity contribution in [3.05, 3.63) is 0 Å². The van der Waals surface area contributed by atoms with E-state index in [-0.39, 0.29) is 207 Å². The van der Waals surface area contributed by atoms with E-state index in [1.165, 1.54) is 0 Å². The van der Waals surface area contributed by atoms with E-state index in [0.29, 0.717) is 0 Å². The smallest absolute Gasteiger partial charge is 1.00 e. The van der Waals surface area contributed by atoms with Crippen LogP contribution < -0.4 is 148 Å². The molecule has 0 N–H and O–H groups in total. The Hall–Kier alpha value is 6.60. The van der Waals surface area contributed by atoms with E-state index in [9.17, 15) is 0 Å². The third-order valence-corrected chi connectivity index (χ3v) is 0. The zero-order valence-electron chi connectivity index (χ0n) is 10.0. The fourth-order valence-electron chi connectivity index (χ4n) is 0. The van der Waals surface area contributed by atoms with E-state index >= 15 is 0 Å². The molecule has 0 saturated carbocycles. The maximum Gasteiger partial charge on any atom is 1.00 e. The van der Waals surface area contributed by atoms with Crippen LogP contribution in [0.15, 0.2) is 0 Å². The van der Waals surface area contributed by atoms with Gasteiger partial charge in [0.2, 0.25) is 0 Å². The van der Waals surface area contributed by atoms with Gasteiger partial charge in [0, 0.05) is 0 Å². The molecule has 0 aliphatic rings. The first-order valence-corrected chi connectivity index (χ1v) is 0. The van der Waals surface area contributed by atoms with E-state index in [0.717, 1.165) is 0 Å². The molecule has 0 heterocycles. The van der Waals surface area contributed by atoms with Crippen LogP contribution in [0.3, 0.4) is 0 Å². The Kier molecular flexibility index (Phi) is 384. The molecule has 0 aromatic heterocycles. The van der Waals surface area contributed by atoms with Crippen molar-refractivity contribution in [1.82, 2.24) is 0 Å². The van der Waals surface area contributed by atoms with Gasteiger partial charge in [-0.3, -0.25) is 0 Å². The molecule has 0 saturated heterocycles. The maximum absolute atomic E-state index is 0. The van der Waals surface area contributed by atoms with Gasteiger partial charge in [-0.25, -0.2) is 0 Å². The molecule has 0 bridgehead atoms. The predicted octanol–water partition coefficient (Wildman–Crippen LogP) is -18.0. The second-order valence-electron chi connectivity index (χ2n) is 0. The first-order valence-electron chi connectivity index (χ1n) is 0. The molecule has 0 aromatic rings. The molecule has 28 valence electrons. The van der Waals surface area contributed by atoms with Crippen LogP contribution in [-0.2, 0) is 0 Å². The normalized spacial score (nSPS) is 0. The topological polar surface area (TPSA) is 0 Å². The average Bonchev–Trinajstić information content (AvgIpc) is 0. The summed E-state index contributed by atoms with van der Waals surface area (Å²) in [4.78, 5) is 0. The van der Waals surface area contributed by atoms with Gasteiger partial charge in [0.25, 0.3) is 0 Å². The summed E-state index contributed by atoms with van der Waals surface area (Å²) in [6, 6.07) is 0. The molecule has 0 rings (SSSR count). The summed E-state index contributed by atoms with van der Waals surface area (Å²) >= 11 is 0. The minimum absolute atomic E-state index is 0. The van der Waals surface area contributed by atoms with Crippen molar-refractivity contribution in [2.45, 2.75) is 0 Å². The molecule has 0 nitrogen and oxygen atoms in total. The molecule has 8 heavy (non-hydrogen) atoms. The molecule has 0 spiro atoms. The third kappa shape index (κ3) is 38.9. The van der Waals surface area contributed by atoms with E-state index in [4.69, 9.17) is 0 Å². The first-order chi connectivity index (χ1) is 0. The van der Waals surface area contributed by atoms with E-state index in [2.05, 4.69) is 0 Å². The van der Waals surface area contributed by atoms with Gasteiger partial charge in [-0.05, 0) is 0 Å². The van der Waals surface area contributed by atoms with Crippen LogP contribution in [0.2, 0.25) is 0 Å². The van der Waals surface area contributed by atoms with Gasteiger partial charge < -0.3 is 7.13 Å². The van der Waals surface area contributed by atoms with Crippen LogP contribution in [0.4, 0.5) is 0 Å². The van der Waals surface area contributed by atoms with Crippen molar-refractivity contribution in [2.24, 2.45) is 0 Å². The Balaban J connectivity index is 0. The molecular weight excluding hydrogens is 196 g/mol. The van der Waals surface area contributed by atoms with Crippen LogP contribution in [0.1, 0.15) is 7.13 Å². The Morgan fingerprint density at radius 1 is 0.375 bits per heavy atom. The minimum atomic E-state index is 0. The van der Waals surface area contributed by atoms with Gasteiger partial charge in [0.05, 0.1) is 0 Å². The van der Waals surface area contributed by atoms with Gasteiger partial charge in [-0.2, -0.15) is 0 Å². The Morgan fingerprint density at radius 3 is 0.375 bits per heavy atom. The Morgan fingerprint density at radius 2 is 0.375 bits per heavy atom. The van der Waals surface area contributed by atoms with Gasteiger partial charge in [0.15, 0.2) is 52.1 Å². The van der Waals surface area contributed by atoms with Crippen molar-refractivity contribution in [2.75, 3.05) is 0 Å². The quantitative estimate of drug-likeness (QED) is 0.348. The number of hydrogen-bond acceptors (Lipinski definition) is 0. The van der Waals surface area contributed by atoms with Crippen molar-refractivity contribution < 1.29 is 155 Å². The fraction of sp³-hybridized carbons (Fsp3) is 0. The van der Waals surface area contributed by atoms with Crippen molar-refractivity contribution in [3.8, 4) is 0 Å². The van der Waals surface area contributed by atoms with Crippen LogP contribution in [0, 0.1) is 0 Å². The van der Waals surface area contributed by atoms with Crippen LogP contribution in [-0.4, -0.2) is 52.1 Å². The molecule has 8 heteroatoms. The van der Waals surface area contributed by atoms with Crippen molar-refractivity contribution >= 4 is 52.1 Å². The third-order valence-electron chi connectivity index (χ3n) is 0. The number of hydrogen-bond donors (Lipinski definition) is 0. The molecule has 0 radical (unpaired) electrons. The summed E-state index contributed by atoms with van der Waals surface area (Å²) in [7, 11) is 0. The SMILES string of the molecule is [AlH3].[AlH3].[AlH3].[H-].[H-].[H-].[H-].[H-].[Na+].[Na+].[Na+].[Na+].[Na+]. The number of rotatable bonds is 0. The zero-order chi connectivity index (χ0) is 0. The van der Waals surface area contributed by atoms with Gasteiger partial charge in [0.1, 0.15) is 0 Å². The minimum Gasteiger partial charge on any atom is -1.00 e. The maximum atomic E-state index is 0. The van der Waals surface area contributed by atoms with Gasteiger partial charge in [-0.1, -0.05) is 0 Å². The van der Waals surface area contributed by atoms with Crippen molar-refractivity contribution in [1.29, 1.82) is 0 Å². The summed E-state index contributed by atoms with van der Waals surface area (Å²) in [5, 5.41) is 0. The monoisotopic (exact) mass is 210 g/mol. The summed E-state index contributed by atoms with van der Waals surface area (Å²) < 4.78 is 0. The standard InChI is InChI=1S/3Al.5Na.14H/q;;;5*+1;;;;;;;;;;5*-1. The van der Waals surface area contributed by atoms with Gasteiger partial charge >= 0.3 is 148 Å². The molecule has 0 atom stereocenters. The largest absolute Gasteiger partial charge is 1.00 e. The van der Waals surface area contributed by atoms with Crippen LogP contribution in [0.25, 0.3) is 0 Å². The summed E-state index contributed by atoms with van der Waals surface area (Å²) in [6.45, 7) is 0. The molecule has 0 fully saturated rings. The van der Waals surface area contributed by atoms with Crippen LogP contribution in [0.5, 0.6) is 0 Å². The van der Waals surface area contributed by atoms with Crippen LogP contribution >= 0.6 is 0 Å². The molecule has 0 aromatic carbocycles. The summed E-state index contributed by atoms with van der Waals surface area (Å²) in [6.07, 6.45) is 0.